The summed E-state index contributed by atoms with van der Waals surface area (Å²) in [6.45, 7) is 0. The van der Waals surface area contributed by atoms with Crippen molar-refractivity contribution in [3.8, 4) is 17.1 Å². The van der Waals surface area contributed by atoms with Gasteiger partial charge in [0.05, 0.1) is 33.8 Å². The number of nitrogens with one attached hydrogen (secondary N) is 1. The van der Waals surface area contributed by atoms with E-state index >= 15 is 0 Å². The van der Waals surface area contributed by atoms with Gasteiger partial charge in [0, 0.05) is 17.8 Å². The highest BCUT2D eigenvalue weighted by Crippen LogP contribution is 2.25. The molecule has 8 nitrogen and oxygen atoms in total. The first-order chi connectivity index (χ1) is 14.2. The molecule has 0 aliphatic carbocycles. The number of nitrogens with zero attached hydrogens (tertiary/aromatic N) is 7. The van der Waals surface area contributed by atoms with Gasteiger partial charge in [-0.15, -0.1) is 0 Å². The molecular weight excluding hydrogens is 411 g/mol. The predicted octanol–water partition coefficient (Wildman–Crippen LogP) is 4.42. The van der Waals surface area contributed by atoms with Gasteiger partial charge in [0.1, 0.15) is 12.1 Å². The third-order valence-electron chi connectivity index (χ3n) is 4.18. The number of hydrogen-bond acceptors (Lipinski definition) is 6. The lowest BCUT2D eigenvalue weighted by Crippen LogP contribution is -2.02. The van der Waals surface area contributed by atoms with Crippen LogP contribution in [0.15, 0.2) is 67.4 Å². The molecule has 0 aliphatic heterocycles. The van der Waals surface area contributed by atoms with Crippen LogP contribution in [0.4, 0.5) is 11.5 Å². The van der Waals surface area contributed by atoms with Crippen LogP contribution in [0.1, 0.15) is 0 Å². The molecule has 4 heterocycles. The summed E-state index contributed by atoms with van der Waals surface area (Å²) < 4.78 is 3.19. The summed E-state index contributed by atoms with van der Waals surface area (Å²) in [6, 6.07) is 13.4. The predicted molar refractivity (Wildman–Crippen MR) is 111 cm³/mol. The van der Waals surface area contributed by atoms with Gasteiger partial charge in [0.25, 0.3) is 5.78 Å². The fraction of sp³-hybridized carbons (Fsp3) is 0. The van der Waals surface area contributed by atoms with Gasteiger partial charge >= 0.3 is 0 Å². The molecule has 1 N–H and O–H groups in total. The zero-order valence-electron chi connectivity index (χ0n) is 14.7. The summed E-state index contributed by atoms with van der Waals surface area (Å²) in [6.07, 6.45) is 6.42. The van der Waals surface area contributed by atoms with Gasteiger partial charge < -0.3 is 5.32 Å². The Morgan fingerprint density at radius 3 is 2.62 bits per heavy atom. The first kappa shape index (κ1) is 17.6. The average Bonchev–Trinajstić information content (AvgIpc) is 3.38. The van der Waals surface area contributed by atoms with Crippen LogP contribution in [-0.4, -0.2) is 34.3 Å². The quantitative estimate of drug-likeness (QED) is 0.461. The third kappa shape index (κ3) is 3.39. The molecule has 5 rings (SSSR count). The van der Waals surface area contributed by atoms with Crippen molar-refractivity contribution in [2.75, 3.05) is 5.32 Å². The van der Waals surface area contributed by atoms with Gasteiger partial charge in [-0.25, -0.2) is 14.6 Å². The molecule has 5 aromatic rings. The summed E-state index contributed by atoms with van der Waals surface area (Å²) in [5.41, 5.74) is 2.48. The maximum atomic E-state index is 6.23. The highest BCUT2D eigenvalue weighted by atomic mass is 35.5. The van der Waals surface area contributed by atoms with Crippen LogP contribution >= 0.6 is 23.2 Å². The zero-order valence-corrected chi connectivity index (χ0v) is 16.2. The largest absolute Gasteiger partial charge is 0.337 e. The van der Waals surface area contributed by atoms with E-state index in [1.807, 2.05) is 36.4 Å². The van der Waals surface area contributed by atoms with Gasteiger partial charge in [-0.1, -0.05) is 53.5 Å². The van der Waals surface area contributed by atoms with Crippen LogP contribution in [0.3, 0.4) is 0 Å². The van der Waals surface area contributed by atoms with Crippen LogP contribution in [0.25, 0.3) is 22.9 Å². The van der Waals surface area contributed by atoms with Crippen LogP contribution in [0.2, 0.25) is 10.0 Å². The maximum Gasteiger partial charge on any atom is 0.254 e. The van der Waals surface area contributed by atoms with Crippen molar-refractivity contribution in [1.82, 2.24) is 34.3 Å². The lowest BCUT2D eigenvalue weighted by Gasteiger charge is -2.08. The smallest absolute Gasteiger partial charge is 0.254 e. The van der Waals surface area contributed by atoms with E-state index in [-0.39, 0.29) is 0 Å². The van der Waals surface area contributed by atoms with Gasteiger partial charge in [0.2, 0.25) is 0 Å². The molecule has 10 heteroatoms. The van der Waals surface area contributed by atoms with Crippen molar-refractivity contribution >= 4 is 40.5 Å². The number of aromatic nitrogens is 7. The minimum atomic E-state index is 0.404. The van der Waals surface area contributed by atoms with E-state index in [2.05, 4.69) is 30.5 Å². The van der Waals surface area contributed by atoms with Crippen LogP contribution in [0, 0.1) is 0 Å². The topological polar surface area (TPSA) is 85.8 Å². The molecule has 0 radical (unpaired) electrons. The van der Waals surface area contributed by atoms with Crippen molar-refractivity contribution in [3.63, 3.8) is 0 Å². The Hall–Kier alpha value is -3.49. The molecule has 0 amide bonds. The maximum absolute atomic E-state index is 6.23. The minimum absolute atomic E-state index is 0.404. The van der Waals surface area contributed by atoms with E-state index in [0.29, 0.717) is 27.5 Å². The van der Waals surface area contributed by atoms with Crippen molar-refractivity contribution < 1.29 is 0 Å². The molecule has 1 aromatic carbocycles. The number of hydrogen-bond donors (Lipinski definition) is 1. The molecule has 142 valence electrons. The zero-order chi connectivity index (χ0) is 19.8. The lowest BCUT2D eigenvalue weighted by molar-refractivity contribution is 0.847. The van der Waals surface area contributed by atoms with Crippen molar-refractivity contribution in [3.05, 3.63) is 77.4 Å². The minimum Gasteiger partial charge on any atom is -0.337 e. The summed E-state index contributed by atoms with van der Waals surface area (Å²) in [4.78, 5) is 13.0. The van der Waals surface area contributed by atoms with E-state index in [4.69, 9.17) is 23.2 Å². The van der Waals surface area contributed by atoms with Crippen LogP contribution < -0.4 is 5.32 Å². The first-order valence-corrected chi connectivity index (χ1v) is 9.32. The normalized spacial score (nSPS) is 11.1. The Labute approximate surface area is 174 Å². The Kier molecular flexibility index (Phi) is 4.34. The second kappa shape index (κ2) is 7.16. The van der Waals surface area contributed by atoms with Gasteiger partial charge in [-0.3, -0.25) is 0 Å². The highest BCUT2D eigenvalue weighted by Gasteiger charge is 2.12. The third-order valence-corrected chi connectivity index (χ3v) is 4.67. The second-order valence-electron chi connectivity index (χ2n) is 6.12. The van der Waals surface area contributed by atoms with Gasteiger partial charge in [-0.05, 0) is 6.07 Å². The molecular formula is C19H12Cl2N8. The lowest BCUT2D eigenvalue weighted by atomic mass is 10.1. The summed E-state index contributed by atoms with van der Waals surface area (Å²) in [5.74, 6) is 1.67. The number of anilines is 2. The molecule has 0 saturated heterocycles. The number of fused-ring (bicyclic) bond motifs is 1. The van der Waals surface area contributed by atoms with Crippen molar-refractivity contribution in [2.24, 2.45) is 0 Å². The van der Waals surface area contributed by atoms with Crippen LogP contribution in [0.5, 0.6) is 0 Å². The number of halogens is 2. The molecule has 0 saturated carbocycles. The fourth-order valence-electron chi connectivity index (χ4n) is 2.89. The molecule has 4 aromatic heterocycles. The Morgan fingerprint density at radius 1 is 0.931 bits per heavy atom. The molecule has 0 bridgehead atoms. The van der Waals surface area contributed by atoms with E-state index in [9.17, 15) is 0 Å². The van der Waals surface area contributed by atoms with E-state index < -0.39 is 0 Å². The standard InChI is InChI=1S/C19H12Cl2N8/c20-13-6-15(21)18(22-8-13)28-10-14(9-24-28)26-17-7-16(12-4-2-1-3-5-12)27-19-23-11-25-29(17)19/h1-11,26H. The van der Waals surface area contributed by atoms with Crippen LogP contribution in [-0.2, 0) is 0 Å². The van der Waals surface area contributed by atoms with E-state index in [1.54, 1.807) is 27.7 Å². The number of benzene rings is 1. The molecule has 0 aliphatic rings. The second-order valence-corrected chi connectivity index (χ2v) is 6.97. The monoisotopic (exact) mass is 422 g/mol. The molecule has 29 heavy (non-hydrogen) atoms. The molecule has 0 spiro atoms. The summed E-state index contributed by atoms with van der Waals surface area (Å²) >= 11 is 12.1. The molecule has 0 atom stereocenters. The Bertz CT molecular complexity index is 1310. The summed E-state index contributed by atoms with van der Waals surface area (Å²) in [7, 11) is 0. The number of rotatable bonds is 4. The SMILES string of the molecule is Clc1cnc(-n2cc(Nc3cc(-c4ccccc4)nc4ncnn34)cn2)c(Cl)c1. The van der Waals surface area contributed by atoms with Crippen molar-refractivity contribution in [2.45, 2.75) is 0 Å². The van der Waals surface area contributed by atoms with E-state index in [0.717, 1.165) is 16.9 Å². The van der Waals surface area contributed by atoms with Gasteiger partial charge in [-0.2, -0.15) is 19.7 Å². The highest BCUT2D eigenvalue weighted by molar-refractivity contribution is 6.35. The van der Waals surface area contributed by atoms with Gasteiger partial charge in [0.15, 0.2) is 5.82 Å². The Morgan fingerprint density at radius 2 is 1.79 bits per heavy atom. The first-order valence-electron chi connectivity index (χ1n) is 8.57. The fourth-order valence-corrected chi connectivity index (χ4v) is 3.35. The Balaban J connectivity index is 1.52. The summed E-state index contributed by atoms with van der Waals surface area (Å²) in [5, 5.41) is 12.7. The molecule has 0 unspecified atom stereocenters. The molecule has 0 fully saturated rings. The average molecular weight is 423 g/mol. The van der Waals surface area contributed by atoms with E-state index in [1.165, 1.54) is 12.5 Å². The van der Waals surface area contributed by atoms with Crippen molar-refractivity contribution in [1.29, 1.82) is 0 Å². The number of pyridine rings is 1.